The summed E-state index contributed by atoms with van der Waals surface area (Å²) in [7, 11) is -3.43. The Morgan fingerprint density at radius 3 is 2.65 bits per heavy atom. The molecule has 4 nitrogen and oxygen atoms in total. The van der Waals surface area contributed by atoms with Gasteiger partial charge in [-0.15, -0.1) is 0 Å². The summed E-state index contributed by atoms with van der Waals surface area (Å²) in [6, 6.07) is 6.94. The van der Waals surface area contributed by atoms with Crippen molar-refractivity contribution in [3.63, 3.8) is 0 Å². The minimum Gasteiger partial charge on any atom is -0.324 e. The first-order valence-corrected chi connectivity index (χ1v) is 8.61. The summed E-state index contributed by atoms with van der Waals surface area (Å²) in [5.41, 5.74) is 6.58. The SMILES string of the molecule is CCC(N)c1cccc(S(=O)(=O)N2CCCC2(C)C)c1. The zero-order valence-electron chi connectivity index (χ0n) is 12.5. The van der Waals surface area contributed by atoms with Crippen LogP contribution >= 0.6 is 0 Å². The molecular weight excluding hydrogens is 272 g/mol. The molecule has 1 heterocycles. The third kappa shape index (κ3) is 2.75. The second-order valence-corrected chi connectivity index (χ2v) is 7.94. The average molecular weight is 296 g/mol. The zero-order chi connectivity index (χ0) is 15.0. The molecule has 1 saturated heterocycles. The van der Waals surface area contributed by atoms with Crippen molar-refractivity contribution in [1.29, 1.82) is 0 Å². The lowest BCUT2D eigenvalue weighted by atomic mass is 10.0. The van der Waals surface area contributed by atoms with Crippen LogP contribution in [0.5, 0.6) is 0 Å². The van der Waals surface area contributed by atoms with E-state index in [-0.39, 0.29) is 11.6 Å². The van der Waals surface area contributed by atoms with E-state index in [1.54, 1.807) is 22.5 Å². The van der Waals surface area contributed by atoms with Crippen molar-refractivity contribution in [1.82, 2.24) is 4.31 Å². The molecule has 0 bridgehead atoms. The number of sulfonamides is 1. The topological polar surface area (TPSA) is 63.4 Å². The maximum absolute atomic E-state index is 12.8. The maximum Gasteiger partial charge on any atom is 0.243 e. The van der Waals surface area contributed by atoms with Gasteiger partial charge in [0, 0.05) is 18.1 Å². The second-order valence-electron chi connectivity index (χ2n) is 6.08. The van der Waals surface area contributed by atoms with Crippen LogP contribution in [-0.4, -0.2) is 24.8 Å². The molecule has 0 amide bonds. The van der Waals surface area contributed by atoms with Crippen molar-refractivity contribution in [2.24, 2.45) is 5.73 Å². The lowest BCUT2D eigenvalue weighted by molar-refractivity contribution is 0.291. The molecular formula is C15H24N2O2S. The number of hydrogen-bond acceptors (Lipinski definition) is 3. The highest BCUT2D eigenvalue weighted by molar-refractivity contribution is 7.89. The number of benzene rings is 1. The molecule has 0 saturated carbocycles. The third-order valence-electron chi connectivity index (χ3n) is 4.14. The maximum atomic E-state index is 12.8. The molecule has 20 heavy (non-hydrogen) atoms. The lowest BCUT2D eigenvalue weighted by Gasteiger charge is -2.30. The Kier molecular flexibility index (Phi) is 4.23. The molecule has 1 aromatic carbocycles. The molecule has 1 fully saturated rings. The van der Waals surface area contributed by atoms with Gasteiger partial charge in [-0.05, 0) is 50.8 Å². The van der Waals surface area contributed by atoms with Gasteiger partial charge in [0.05, 0.1) is 4.90 Å². The van der Waals surface area contributed by atoms with Crippen LogP contribution < -0.4 is 5.73 Å². The summed E-state index contributed by atoms with van der Waals surface area (Å²) in [6.45, 7) is 6.56. The lowest BCUT2D eigenvalue weighted by Crippen LogP contribution is -2.42. The van der Waals surface area contributed by atoms with Crippen LogP contribution in [0.15, 0.2) is 29.2 Å². The van der Waals surface area contributed by atoms with E-state index in [1.165, 1.54) is 0 Å². The number of nitrogens with two attached hydrogens (primary N) is 1. The van der Waals surface area contributed by atoms with Gasteiger partial charge in [-0.25, -0.2) is 8.42 Å². The molecule has 2 rings (SSSR count). The monoisotopic (exact) mass is 296 g/mol. The Labute approximate surface area is 122 Å². The van der Waals surface area contributed by atoms with Crippen LogP contribution in [-0.2, 0) is 10.0 Å². The molecule has 1 atom stereocenters. The standard InChI is InChI=1S/C15H24N2O2S/c1-4-14(16)12-7-5-8-13(11-12)20(18,19)17-10-6-9-15(17,2)3/h5,7-8,11,14H,4,6,9-10,16H2,1-3H3. The molecule has 1 unspecified atom stereocenters. The van der Waals surface area contributed by atoms with Crippen molar-refractivity contribution >= 4 is 10.0 Å². The summed E-state index contributed by atoms with van der Waals surface area (Å²) in [6.07, 6.45) is 2.61. The van der Waals surface area contributed by atoms with E-state index < -0.39 is 10.0 Å². The summed E-state index contributed by atoms with van der Waals surface area (Å²) < 4.78 is 27.2. The summed E-state index contributed by atoms with van der Waals surface area (Å²) in [5.74, 6) is 0. The minimum absolute atomic E-state index is 0.114. The molecule has 0 spiro atoms. The first-order valence-electron chi connectivity index (χ1n) is 7.17. The van der Waals surface area contributed by atoms with E-state index in [0.717, 1.165) is 24.8 Å². The van der Waals surface area contributed by atoms with E-state index in [2.05, 4.69) is 0 Å². The largest absolute Gasteiger partial charge is 0.324 e. The van der Waals surface area contributed by atoms with Gasteiger partial charge in [0.15, 0.2) is 0 Å². The van der Waals surface area contributed by atoms with Crippen molar-refractivity contribution in [3.05, 3.63) is 29.8 Å². The fraction of sp³-hybridized carbons (Fsp3) is 0.600. The van der Waals surface area contributed by atoms with E-state index in [4.69, 9.17) is 5.73 Å². The van der Waals surface area contributed by atoms with Gasteiger partial charge in [0.2, 0.25) is 10.0 Å². The van der Waals surface area contributed by atoms with Gasteiger partial charge < -0.3 is 5.73 Å². The fourth-order valence-corrected chi connectivity index (χ4v) is 4.70. The van der Waals surface area contributed by atoms with E-state index >= 15 is 0 Å². The summed E-state index contributed by atoms with van der Waals surface area (Å²) in [4.78, 5) is 0.355. The van der Waals surface area contributed by atoms with Crippen LogP contribution in [0.25, 0.3) is 0 Å². The van der Waals surface area contributed by atoms with Crippen molar-refractivity contribution in [2.75, 3.05) is 6.54 Å². The Morgan fingerprint density at radius 2 is 2.10 bits per heavy atom. The van der Waals surface area contributed by atoms with E-state index in [9.17, 15) is 8.42 Å². The van der Waals surface area contributed by atoms with Crippen LogP contribution in [0, 0.1) is 0 Å². The van der Waals surface area contributed by atoms with Gasteiger partial charge in [-0.1, -0.05) is 19.1 Å². The average Bonchev–Trinajstić information content (AvgIpc) is 2.78. The molecule has 1 aliphatic heterocycles. The quantitative estimate of drug-likeness (QED) is 0.929. The second kappa shape index (κ2) is 5.47. The summed E-state index contributed by atoms with van der Waals surface area (Å²) in [5, 5.41) is 0. The number of rotatable bonds is 4. The van der Waals surface area contributed by atoms with Gasteiger partial charge in [-0.2, -0.15) is 4.31 Å². The molecule has 0 aromatic heterocycles. The fourth-order valence-electron chi connectivity index (χ4n) is 2.80. The first-order chi connectivity index (χ1) is 9.29. The predicted octanol–water partition coefficient (Wildman–Crippen LogP) is 2.66. The molecule has 1 aliphatic rings. The van der Waals surface area contributed by atoms with Gasteiger partial charge in [-0.3, -0.25) is 0 Å². The smallest absolute Gasteiger partial charge is 0.243 e. The van der Waals surface area contributed by atoms with Crippen molar-refractivity contribution in [2.45, 2.75) is 56.5 Å². The van der Waals surface area contributed by atoms with Crippen LogP contribution in [0.2, 0.25) is 0 Å². The Bertz CT molecular complexity index is 581. The van der Waals surface area contributed by atoms with Crippen molar-refractivity contribution < 1.29 is 8.42 Å². The highest BCUT2D eigenvalue weighted by Gasteiger charge is 2.40. The van der Waals surface area contributed by atoms with E-state index in [0.29, 0.717) is 11.4 Å². The highest BCUT2D eigenvalue weighted by Crippen LogP contribution is 2.34. The van der Waals surface area contributed by atoms with Crippen LogP contribution in [0.1, 0.15) is 51.6 Å². The zero-order valence-corrected chi connectivity index (χ0v) is 13.3. The Morgan fingerprint density at radius 1 is 1.40 bits per heavy atom. The Balaban J connectivity index is 2.40. The summed E-state index contributed by atoms with van der Waals surface area (Å²) >= 11 is 0. The normalized spacial score (nSPS) is 21.0. The van der Waals surface area contributed by atoms with Gasteiger partial charge in [0.25, 0.3) is 0 Å². The minimum atomic E-state index is -3.43. The molecule has 0 radical (unpaired) electrons. The molecule has 1 aromatic rings. The molecule has 5 heteroatoms. The number of hydrogen-bond donors (Lipinski definition) is 1. The molecule has 2 N–H and O–H groups in total. The highest BCUT2D eigenvalue weighted by atomic mass is 32.2. The predicted molar refractivity (Wildman–Crippen MR) is 80.9 cm³/mol. The third-order valence-corrected chi connectivity index (χ3v) is 6.25. The van der Waals surface area contributed by atoms with Gasteiger partial charge in [0.1, 0.15) is 0 Å². The van der Waals surface area contributed by atoms with Crippen LogP contribution in [0.4, 0.5) is 0 Å². The number of nitrogens with zero attached hydrogens (tertiary/aromatic N) is 1. The van der Waals surface area contributed by atoms with Crippen LogP contribution in [0.3, 0.4) is 0 Å². The first kappa shape index (κ1) is 15.5. The molecule has 112 valence electrons. The van der Waals surface area contributed by atoms with Gasteiger partial charge >= 0.3 is 0 Å². The van der Waals surface area contributed by atoms with Crippen molar-refractivity contribution in [3.8, 4) is 0 Å². The van der Waals surface area contributed by atoms with E-state index in [1.807, 2.05) is 26.8 Å². The Hall–Kier alpha value is -0.910. The molecule has 0 aliphatic carbocycles.